The molecular formula is C58H74N12O5S2. The molecule has 19 heteroatoms. The van der Waals surface area contributed by atoms with E-state index in [0.29, 0.717) is 54.7 Å². The number of aromatic nitrogens is 10. The molecule has 0 aliphatic rings. The number of carboxylic acid groups (broad SMARTS) is 1. The molecule has 0 saturated carbocycles. The molecule has 2 aromatic carbocycles. The lowest BCUT2D eigenvalue weighted by Gasteiger charge is -2.13. The smallest absolute Gasteiger partial charge is 0.308 e. The first-order valence-corrected chi connectivity index (χ1v) is 26.5. The predicted octanol–water partition coefficient (Wildman–Crippen LogP) is 12.5. The fraction of sp³-hybridized carbons (Fsp3) is 0.397. The number of rotatable bonds is 20. The first-order chi connectivity index (χ1) is 35.6. The Bertz CT molecular complexity index is 3250. The van der Waals surface area contributed by atoms with Gasteiger partial charge in [-0.1, -0.05) is 94.5 Å². The molecule has 0 spiro atoms. The zero-order chi connectivity index (χ0) is 54.0. The Morgan fingerprint density at radius 3 is 1.43 bits per heavy atom. The Hall–Kier alpha value is -7.35. The number of carbonyl (C=O) groups excluding carboxylic acids is 2. The van der Waals surface area contributed by atoms with Crippen molar-refractivity contribution >= 4 is 63.5 Å². The molecule has 0 unspecified atom stereocenters. The molecule has 0 amide bonds. The quantitative estimate of drug-likeness (QED) is 0.0520. The second kappa shape index (κ2) is 26.6. The summed E-state index contributed by atoms with van der Waals surface area (Å²) in [5.41, 5.74) is 9.35. The third kappa shape index (κ3) is 16.8. The lowest BCUT2D eigenvalue weighted by Crippen LogP contribution is -2.16. The van der Waals surface area contributed by atoms with Gasteiger partial charge >= 0.3 is 5.97 Å². The van der Waals surface area contributed by atoms with Gasteiger partial charge in [0.15, 0.2) is 11.6 Å². The van der Waals surface area contributed by atoms with Crippen LogP contribution in [-0.2, 0) is 41.6 Å². The first kappa shape index (κ1) is 60.5. The minimum Gasteiger partial charge on any atom is -0.481 e. The Balaban J connectivity index is 0.000000277. The van der Waals surface area contributed by atoms with E-state index in [9.17, 15) is 19.5 Å². The maximum Gasteiger partial charge on any atom is 0.308 e. The third-order valence-corrected chi connectivity index (χ3v) is 15.1. The molecule has 408 valence electrons. The van der Waals surface area contributed by atoms with E-state index < -0.39 is 11.9 Å². The average molecular weight is 1080 g/mol. The standard InChI is InChI=1S/C28H32N6O3S.C28H34N6O2S.2CH4/c1-17-12-20(7-6-19(17)8-9-23(35)24-14-30-26(38-24)28(3,4)5)22-10-11-29-27(33-22)32-21-13-31-34(16-21)15-18(2)25(36)37;1-18(17-35)15-34-16-22(13-31-34)32-27-29-11-10-23(33-27)21-7-6-20(19(2)12-21)8-9-24(36)25-14-30-26(37-25)28(3,4)5;;/h6-7,10-14,16,18H,8-9,15H2,1-5H3,(H,36,37)(H,29,32,33);6-7,10-14,16,18,35H,8-9,15,17H2,1-5H3,(H,29,32,33);2*1H4/t2*18-;;/m00../s1. The number of nitrogens with one attached hydrogen (secondary N) is 2. The summed E-state index contributed by atoms with van der Waals surface area (Å²) in [6, 6.07) is 16.1. The van der Waals surface area contributed by atoms with Gasteiger partial charge in [-0.2, -0.15) is 10.2 Å². The van der Waals surface area contributed by atoms with Gasteiger partial charge in [0.05, 0.1) is 67.4 Å². The molecule has 77 heavy (non-hydrogen) atoms. The Kier molecular flexibility index (Phi) is 20.9. The van der Waals surface area contributed by atoms with Crippen LogP contribution in [0.4, 0.5) is 23.3 Å². The molecule has 6 heterocycles. The monoisotopic (exact) mass is 1080 g/mol. The van der Waals surface area contributed by atoms with Gasteiger partial charge < -0.3 is 20.8 Å². The highest BCUT2D eigenvalue weighted by atomic mass is 32.1. The van der Waals surface area contributed by atoms with Gasteiger partial charge in [0, 0.05) is 85.1 Å². The normalized spacial score (nSPS) is 12.1. The van der Waals surface area contributed by atoms with Gasteiger partial charge in [-0.25, -0.2) is 29.9 Å². The number of thiazole rings is 2. The number of nitrogens with zero attached hydrogens (tertiary/aromatic N) is 10. The van der Waals surface area contributed by atoms with Crippen LogP contribution >= 0.6 is 22.7 Å². The van der Waals surface area contributed by atoms with E-state index in [2.05, 4.69) is 117 Å². The highest BCUT2D eigenvalue weighted by Gasteiger charge is 2.22. The van der Waals surface area contributed by atoms with Crippen molar-refractivity contribution in [3.05, 3.63) is 140 Å². The zero-order valence-electron chi connectivity index (χ0n) is 44.2. The second-order valence-electron chi connectivity index (χ2n) is 20.9. The first-order valence-electron chi connectivity index (χ1n) is 24.9. The summed E-state index contributed by atoms with van der Waals surface area (Å²) in [5.74, 6) is -0.121. The van der Waals surface area contributed by atoms with Crippen molar-refractivity contribution in [2.24, 2.45) is 11.8 Å². The third-order valence-electron chi connectivity index (χ3n) is 12.1. The van der Waals surface area contributed by atoms with Gasteiger partial charge in [-0.3, -0.25) is 23.7 Å². The highest BCUT2D eigenvalue weighted by molar-refractivity contribution is 7.14. The summed E-state index contributed by atoms with van der Waals surface area (Å²) in [6.07, 6.45) is 16.0. The summed E-state index contributed by atoms with van der Waals surface area (Å²) in [5, 5.41) is 35.2. The largest absolute Gasteiger partial charge is 0.481 e. The molecule has 8 aromatic rings. The van der Waals surface area contributed by atoms with E-state index in [0.717, 1.165) is 65.3 Å². The van der Waals surface area contributed by atoms with Crippen LogP contribution in [0.2, 0.25) is 0 Å². The van der Waals surface area contributed by atoms with E-state index in [-0.39, 0.29) is 56.3 Å². The van der Waals surface area contributed by atoms with Crippen LogP contribution < -0.4 is 10.6 Å². The van der Waals surface area contributed by atoms with Crippen LogP contribution in [0.15, 0.2) is 98.1 Å². The molecule has 6 aromatic heterocycles. The van der Waals surface area contributed by atoms with E-state index in [1.54, 1.807) is 59.7 Å². The number of aryl methyl sites for hydroxylation is 4. The molecular weight excluding hydrogens is 1010 g/mol. The SMILES string of the molecule is C.C.Cc1cc(-c2ccnc(Nc3cnn(C[C@H](C)C(=O)O)c3)n2)ccc1CCC(=O)c1cnc(C(C)(C)C)s1.Cc1cc(-c2ccnc(Nc3cnn(C[C@H](C)CO)c3)n2)ccc1CCC(=O)c1cnc(C(C)(C)C)s1. The molecule has 0 aliphatic carbocycles. The molecule has 17 nitrogen and oxygen atoms in total. The number of aliphatic hydroxyl groups excluding tert-OH is 1. The van der Waals surface area contributed by atoms with Gasteiger partial charge in [0.1, 0.15) is 0 Å². The van der Waals surface area contributed by atoms with Gasteiger partial charge in [0.2, 0.25) is 11.9 Å². The maximum atomic E-state index is 12.7. The number of carboxylic acids is 1. The van der Waals surface area contributed by atoms with E-state index in [1.807, 2.05) is 50.4 Å². The molecule has 0 bridgehead atoms. The number of aliphatic carboxylic acids is 1. The van der Waals surface area contributed by atoms with Crippen LogP contribution in [0.5, 0.6) is 0 Å². The fourth-order valence-electron chi connectivity index (χ4n) is 7.72. The van der Waals surface area contributed by atoms with E-state index >= 15 is 0 Å². The van der Waals surface area contributed by atoms with Crippen LogP contribution in [-0.4, -0.2) is 83.8 Å². The number of carbonyl (C=O) groups is 3. The number of Topliss-reactive ketones (excluding diaryl/α,β-unsaturated/α-hetero) is 2. The summed E-state index contributed by atoms with van der Waals surface area (Å²) < 4.78 is 3.37. The molecule has 0 radical (unpaired) electrons. The lowest BCUT2D eigenvalue weighted by atomic mass is 9.98. The average Bonchev–Trinajstić information content (AvgIpc) is 4.22. The van der Waals surface area contributed by atoms with Gasteiger partial charge in [-0.05, 0) is 79.1 Å². The minimum atomic E-state index is -0.867. The van der Waals surface area contributed by atoms with Crippen LogP contribution in [0, 0.1) is 25.7 Å². The van der Waals surface area contributed by atoms with Crippen LogP contribution in [0.1, 0.15) is 135 Å². The van der Waals surface area contributed by atoms with Crippen molar-refractivity contribution in [3.8, 4) is 22.5 Å². The lowest BCUT2D eigenvalue weighted by molar-refractivity contribution is -0.141. The number of benzene rings is 2. The van der Waals surface area contributed by atoms with Crippen LogP contribution in [0.3, 0.4) is 0 Å². The van der Waals surface area contributed by atoms with E-state index in [4.69, 9.17) is 5.11 Å². The Morgan fingerprint density at radius 1 is 0.623 bits per heavy atom. The van der Waals surface area contributed by atoms with Crippen molar-refractivity contribution in [1.29, 1.82) is 0 Å². The highest BCUT2D eigenvalue weighted by Crippen LogP contribution is 2.31. The number of aliphatic hydroxyl groups is 1. The fourth-order valence-corrected chi connectivity index (χ4v) is 9.61. The molecule has 0 aliphatic heterocycles. The van der Waals surface area contributed by atoms with Crippen molar-refractivity contribution in [2.75, 3.05) is 17.2 Å². The molecule has 8 rings (SSSR count). The van der Waals surface area contributed by atoms with Crippen molar-refractivity contribution < 1.29 is 24.6 Å². The van der Waals surface area contributed by atoms with Gasteiger partial charge in [0.25, 0.3) is 0 Å². The van der Waals surface area contributed by atoms with Gasteiger partial charge in [-0.15, -0.1) is 22.7 Å². The number of hydrogen-bond acceptors (Lipinski definition) is 16. The van der Waals surface area contributed by atoms with Crippen molar-refractivity contribution in [3.63, 3.8) is 0 Å². The molecule has 2 atom stereocenters. The number of ketones is 2. The topological polar surface area (TPSA) is 229 Å². The van der Waals surface area contributed by atoms with Crippen molar-refractivity contribution in [1.82, 2.24) is 49.5 Å². The summed E-state index contributed by atoms with van der Waals surface area (Å²) in [7, 11) is 0. The number of anilines is 4. The molecule has 4 N–H and O–H groups in total. The maximum absolute atomic E-state index is 12.7. The Morgan fingerprint density at radius 2 is 1.05 bits per heavy atom. The van der Waals surface area contributed by atoms with E-state index in [1.165, 1.54) is 22.7 Å². The molecule has 0 fully saturated rings. The summed E-state index contributed by atoms with van der Waals surface area (Å²) >= 11 is 2.98. The zero-order valence-corrected chi connectivity index (χ0v) is 45.9. The second-order valence-corrected chi connectivity index (χ2v) is 23.0. The van der Waals surface area contributed by atoms with Crippen molar-refractivity contribution in [2.45, 2.75) is 134 Å². The summed E-state index contributed by atoms with van der Waals surface area (Å²) in [6.45, 7) is 21.4. The van der Waals surface area contributed by atoms with Crippen LogP contribution in [0.25, 0.3) is 22.5 Å². The molecule has 0 saturated heterocycles. The minimum absolute atomic E-state index is 0. The predicted molar refractivity (Wildman–Crippen MR) is 309 cm³/mol. The summed E-state index contributed by atoms with van der Waals surface area (Å²) in [4.78, 5) is 64.8. The number of hydrogen-bond donors (Lipinski definition) is 4. The Labute approximate surface area is 460 Å².